The van der Waals surface area contributed by atoms with Gasteiger partial charge in [0.05, 0.1) is 5.69 Å². The second-order valence-electron chi connectivity index (χ2n) is 8.48. The van der Waals surface area contributed by atoms with Crippen LogP contribution in [0.1, 0.15) is 55.7 Å². The largest absolute Gasteiger partial charge is 0.370 e. The summed E-state index contributed by atoms with van der Waals surface area (Å²) in [6.45, 7) is 1.66. The second kappa shape index (κ2) is 10.2. The van der Waals surface area contributed by atoms with Gasteiger partial charge in [-0.1, -0.05) is 24.3 Å². The van der Waals surface area contributed by atoms with Gasteiger partial charge >= 0.3 is 0 Å². The van der Waals surface area contributed by atoms with Gasteiger partial charge in [0.1, 0.15) is 4.90 Å². The van der Waals surface area contributed by atoms with Gasteiger partial charge in [-0.25, -0.2) is 13.1 Å². The number of nitrogens with zero attached hydrogens (tertiary/aromatic N) is 1. The van der Waals surface area contributed by atoms with Gasteiger partial charge in [-0.05, 0) is 67.9 Å². The normalized spacial score (nSPS) is 18.4. The van der Waals surface area contributed by atoms with Crippen LogP contribution in [0.25, 0.3) is 0 Å². The summed E-state index contributed by atoms with van der Waals surface area (Å²) in [6, 6.07) is 13.0. The Hall–Kier alpha value is -2.09. The molecular formula is C24H30ClN3O3S. The van der Waals surface area contributed by atoms with Gasteiger partial charge in [-0.15, -0.1) is 11.6 Å². The lowest BCUT2D eigenvalue weighted by atomic mass is 9.88. The van der Waals surface area contributed by atoms with Crippen LogP contribution in [-0.4, -0.2) is 33.3 Å². The van der Waals surface area contributed by atoms with Crippen molar-refractivity contribution in [3.63, 3.8) is 0 Å². The number of carbonyl (C=O) groups is 1. The van der Waals surface area contributed by atoms with Crippen molar-refractivity contribution in [2.24, 2.45) is 0 Å². The minimum Gasteiger partial charge on any atom is -0.370 e. The molecule has 2 N–H and O–H groups in total. The predicted octanol–water partition coefficient (Wildman–Crippen LogP) is 4.60. The Morgan fingerprint density at radius 1 is 1.09 bits per heavy atom. The van der Waals surface area contributed by atoms with Crippen molar-refractivity contribution in [2.75, 3.05) is 29.2 Å². The highest BCUT2D eigenvalue weighted by atomic mass is 35.5. The Bertz CT molecular complexity index is 1070. The molecule has 0 aromatic heterocycles. The van der Waals surface area contributed by atoms with Crippen molar-refractivity contribution in [3.05, 3.63) is 53.6 Å². The first-order chi connectivity index (χ1) is 15.5. The number of alkyl halides is 1. The Labute approximate surface area is 195 Å². The van der Waals surface area contributed by atoms with E-state index in [1.54, 1.807) is 12.1 Å². The lowest BCUT2D eigenvalue weighted by Gasteiger charge is -2.28. The summed E-state index contributed by atoms with van der Waals surface area (Å²) in [6.07, 6.45) is 5.64. The highest BCUT2D eigenvalue weighted by molar-refractivity contribution is 7.89. The number of hydrogen-bond donors (Lipinski definition) is 2. The molecule has 1 atom stereocenters. The zero-order valence-electron chi connectivity index (χ0n) is 18.1. The van der Waals surface area contributed by atoms with Crippen molar-refractivity contribution in [1.82, 2.24) is 4.72 Å². The Balaban J connectivity index is 1.64. The number of hydrogen-bond acceptors (Lipinski definition) is 4. The fraction of sp³-hybridized carbons (Fsp3) is 0.458. The molecule has 1 amide bonds. The number of sulfonamides is 1. The summed E-state index contributed by atoms with van der Waals surface area (Å²) in [5.41, 5.74) is 3.43. The SMILES string of the molecule is O=C(CCCCl)Nc1ccc(N2CCCC2)c(S(=O)(=O)NC2CCCc3ccccc32)c1. The molecule has 1 unspecified atom stereocenters. The average Bonchev–Trinajstić information content (AvgIpc) is 3.32. The van der Waals surface area contributed by atoms with Gasteiger partial charge in [0.15, 0.2) is 0 Å². The van der Waals surface area contributed by atoms with E-state index in [0.717, 1.165) is 50.8 Å². The van der Waals surface area contributed by atoms with Gasteiger partial charge in [0.2, 0.25) is 15.9 Å². The fourth-order valence-electron chi connectivity index (χ4n) is 4.60. The van der Waals surface area contributed by atoms with E-state index in [9.17, 15) is 13.2 Å². The van der Waals surface area contributed by atoms with Gasteiger partial charge in [0, 0.05) is 37.1 Å². The van der Waals surface area contributed by atoms with E-state index < -0.39 is 10.0 Å². The molecule has 2 aliphatic rings. The third-order valence-corrected chi connectivity index (χ3v) is 7.95. The molecule has 2 aromatic rings. The summed E-state index contributed by atoms with van der Waals surface area (Å²) in [5, 5.41) is 2.82. The number of carbonyl (C=O) groups excluding carboxylic acids is 1. The molecule has 1 saturated heterocycles. The van der Waals surface area contributed by atoms with Crippen molar-refractivity contribution in [1.29, 1.82) is 0 Å². The standard InChI is InChI=1S/C24H30ClN3O3S/c25-14-6-11-24(29)26-19-12-13-22(28-15-3-4-16-28)23(17-19)32(30,31)27-21-10-5-8-18-7-1-2-9-20(18)21/h1-2,7,9,12-13,17,21,27H,3-6,8,10-11,14-16H2,(H,26,29). The summed E-state index contributed by atoms with van der Waals surface area (Å²) in [5.74, 6) is 0.241. The van der Waals surface area contributed by atoms with Crippen LogP contribution in [0.4, 0.5) is 11.4 Å². The molecule has 1 fully saturated rings. The monoisotopic (exact) mass is 475 g/mol. The number of nitrogens with one attached hydrogen (secondary N) is 2. The molecule has 6 nitrogen and oxygen atoms in total. The maximum atomic E-state index is 13.6. The van der Waals surface area contributed by atoms with Crippen LogP contribution >= 0.6 is 11.6 Å². The van der Waals surface area contributed by atoms with E-state index in [1.165, 1.54) is 5.56 Å². The Morgan fingerprint density at radius 3 is 2.66 bits per heavy atom. The minimum absolute atomic E-state index is 0.169. The maximum Gasteiger partial charge on any atom is 0.243 e. The van der Waals surface area contributed by atoms with E-state index in [4.69, 9.17) is 11.6 Å². The van der Waals surface area contributed by atoms with E-state index in [0.29, 0.717) is 30.1 Å². The molecule has 0 bridgehead atoms. The molecule has 172 valence electrons. The van der Waals surface area contributed by atoms with Gasteiger partial charge in [-0.2, -0.15) is 0 Å². The number of anilines is 2. The van der Waals surface area contributed by atoms with Crippen LogP contribution in [0.2, 0.25) is 0 Å². The lowest BCUT2D eigenvalue weighted by Crippen LogP contribution is -2.32. The van der Waals surface area contributed by atoms with Gasteiger partial charge in [0.25, 0.3) is 0 Å². The van der Waals surface area contributed by atoms with E-state index in [-0.39, 0.29) is 16.8 Å². The first-order valence-corrected chi connectivity index (χ1v) is 13.3. The van der Waals surface area contributed by atoms with Gasteiger partial charge < -0.3 is 10.2 Å². The van der Waals surface area contributed by atoms with Crippen LogP contribution in [0.3, 0.4) is 0 Å². The molecule has 1 aliphatic heterocycles. The van der Waals surface area contributed by atoms with Crippen molar-refractivity contribution >= 4 is 38.9 Å². The van der Waals surface area contributed by atoms with Gasteiger partial charge in [-0.3, -0.25) is 4.79 Å². The molecule has 4 rings (SSSR count). The zero-order valence-corrected chi connectivity index (χ0v) is 19.7. The highest BCUT2D eigenvalue weighted by Gasteiger charge is 2.29. The van der Waals surface area contributed by atoms with Crippen LogP contribution < -0.4 is 14.9 Å². The van der Waals surface area contributed by atoms with Crippen LogP contribution in [0.5, 0.6) is 0 Å². The number of fused-ring (bicyclic) bond motifs is 1. The fourth-order valence-corrected chi connectivity index (χ4v) is 6.24. The quantitative estimate of drug-likeness (QED) is 0.547. The summed E-state index contributed by atoms with van der Waals surface area (Å²) < 4.78 is 30.2. The average molecular weight is 476 g/mol. The number of aryl methyl sites for hydroxylation is 1. The number of rotatable bonds is 8. The molecule has 1 heterocycles. The molecule has 0 saturated carbocycles. The second-order valence-corrected chi connectivity index (χ2v) is 10.5. The first kappa shape index (κ1) is 23.1. The maximum absolute atomic E-state index is 13.6. The number of benzene rings is 2. The molecule has 2 aromatic carbocycles. The summed E-state index contributed by atoms with van der Waals surface area (Å²) in [7, 11) is -3.81. The zero-order chi connectivity index (χ0) is 22.6. The summed E-state index contributed by atoms with van der Waals surface area (Å²) >= 11 is 5.68. The molecule has 1 aliphatic carbocycles. The van der Waals surface area contributed by atoms with E-state index in [1.807, 2.05) is 24.3 Å². The molecular weight excluding hydrogens is 446 g/mol. The highest BCUT2D eigenvalue weighted by Crippen LogP contribution is 2.35. The Kier molecular flexibility index (Phi) is 7.38. The topological polar surface area (TPSA) is 78.5 Å². The molecule has 32 heavy (non-hydrogen) atoms. The minimum atomic E-state index is -3.81. The Morgan fingerprint density at radius 2 is 1.88 bits per heavy atom. The third kappa shape index (κ3) is 5.27. The number of halogens is 1. The summed E-state index contributed by atoms with van der Waals surface area (Å²) in [4.78, 5) is 14.5. The van der Waals surface area contributed by atoms with Crippen molar-refractivity contribution in [2.45, 2.75) is 55.9 Å². The molecule has 8 heteroatoms. The smallest absolute Gasteiger partial charge is 0.243 e. The lowest BCUT2D eigenvalue weighted by molar-refractivity contribution is -0.116. The van der Waals surface area contributed by atoms with Crippen LogP contribution in [-0.2, 0) is 21.2 Å². The van der Waals surface area contributed by atoms with Crippen LogP contribution in [0, 0.1) is 0 Å². The third-order valence-electron chi connectivity index (χ3n) is 6.18. The molecule has 0 radical (unpaired) electrons. The molecule has 0 spiro atoms. The predicted molar refractivity (Wildman–Crippen MR) is 129 cm³/mol. The van der Waals surface area contributed by atoms with Crippen molar-refractivity contribution < 1.29 is 13.2 Å². The van der Waals surface area contributed by atoms with E-state index >= 15 is 0 Å². The first-order valence-electron chi connectivity index (χ1n) is 11.3. The van der Waals surface area contributed by atoms with Crippen molar-refractivity contribution in [3.8, 4) is 0 Å². The number of amides is 1. The van der Waals surface area contributed by atoms with E-state index in [2.05, 4.69) is 21.0 Å². The van der Waals surface area contributed by atoms with Crippen LogP contribution in [0.15, 0.2) is 47.4 Å².